The zero-order chi connectivity index (χ0) is 27.9. The van der Waals surface area contributed by atoms with Crippen molar-refractivity contribution in [3.63, 3.8) is 0 Å². The summed E-state index contributed by atoms with van der Waals surface area (Å²) in [6.45, 7) is 13.7. The molecule has 5 heteroatoms. The first kappa shape index (κ1) is 30.8. The Bertz CT molecular complexity index is 1030. The van der Waals surface area contributed by atoms with Crippen molar-refractivity contribution in [2.75, 3.05) is 0 Å². The van der Waals surface area contributed by atoms with Crippen molar-refractivity contribution < 1.29 is 24.0 Å². The summed E-state index contributed by atoms with van der Waals surface area (Å²) in [4.78, 5) is 62.0. The molecule has 2 unspecified atom stereocenters. The van der Waals surface area contributed by atoms with Crippen molar-refractivity contribution in [1.29, 1.82) is 0 Å². The number of rotatable bonds is 15. The molecule has 0 N–H and O–H groups in total. The van der Waals surface area contributed by atoms with E-state index in [0.717, 1.165) is 53.5 Å². The Labute approximate surface area is 223 Å². The Morgan fingerprint density at radius 3 is 2.11 bits per heavy atom. The molecule has 1 aromatic carbocycles. The summed E-state index contributed by atoms with van der Waals surface area (Å²) in [6, 6.07) is 2.08. The van der Waals surface area contributed by atoms with Gasteiger partial charge in [0.05, 0.1) is 12.8 Å². The molecule has 2 rings (SSSR count). The van der Waals surface area contributed by atoms with E-state index in [-0.39, 0.29) is 65.9 Å². The largest absolute Gasteiger partial charge is 0.300 e. The van der Waals surface area contributed by atoms with Crippen LogP contribution in [0.2, 0.25) is 0 Å². The van der Waals surface area contributed by atoms with Gasteiger partial charge in [0.1, 0.15) is 23.1 Å². The fraction of sp³-hybridized carbons (Fsp3) is 0.656. The molecular weight excluding hydrogens is 464 g/mol. The zero-order valence-electron chi connectivity index (χ0n) is 24.0. The van der Waals surface area contributed by atoms with Gasteiger partial charge in [-0.15, -0.1) is 0 Å². The summed E-state index contributed by atoms with van der Waals surface area (Å²) in [5, 5.41) is 0. The highest BCUT2D eigenvalue weighted by atomic mass is 16.2. The van der Waals surface area contributed by atoms with Crippen LogP contribution in [0.15, 0.2) is 6.07 Å². The van der Waals surface area contributed by atoms with Gasteiger partial charge in [-0.25, -0.2) is 0 Å². The van der Waals surface area contributed by atoms with Crippen LogP contribution in [0, 0.1) is 24.7 Å². The molecule has 0 aromatic heterocycles. The Kier molecular flexibility index (Phi) is 11.6. The Balaban J connectivity index is 2.37. The van der Waals surface area contributed by atoms with Crippen LogP contribution in [0.4, 0.5) is 0 Å². The van der Waals surface area contributed by atoms with Gasteiger partial charge in [-0.05, 0) is 72.6 Å². The van der Waals surface area contributed by atoms with E-state index in [9.17, 15) is 24.0 Å². The van der Waals surface area contributed by atoms with Crippen molar-refractivity contribution in [3.8, 4) is 0 Å². The van der Waals surface area contributed by atoms with Gasteiger partial charge in [0.15, 0.2) is 5.78 Å². The van der Waals surface area contributed by atoms with Crippen LogP contribution in [-0.2, 0) is 32.0 Å². The minimum absolute atomic E-state index is 0.00140. The van der Waals surface area contributed by atoms with Crippen LogP contribution in [0.3, 0.4) is 0 Å². The van der Waals surface area contributed by atoms with Crippen LogP contribution in [0.25, 0.3) is 0 Å². The van der Waals surface area contributed by atoms with Crippen molar-refractivity contribution >= 4 is 28.9 Å². The van der Waals surface area contributed by atoms with E-state index in [1.807, 2.05) is 6.92 Å². The molecule has 37 heavy (non-hydrogen) atoms. The number of benzene rings is 1. The van der Waals surface area contributed by atoms with Crippen molar-refractivity contribution in [1.82, 2.24) is 0 Å². The predicted octanol–water partition coefficient (Wildman–Crippen LogP) is 6.73. The number of hydrogen-bond acceptors (Lipinski definition) is 5. The number of Topliss-reactive ketones (excluding diaryl/α,β-unsaturated/α-hetero) is 5. The predicted molar refractivity (Wildman–Crippen MR) is 147 cm³/mol. The maximum atomic E-state index is 13.6. The van der Waals surface area contributed by atoms with Gasteiger partial charge in [0.25, 0.3) is 0 Å². The van der Waals surface area contributed by atoms with E-state index in [2.05, 4.69) is 33.8 Å². The van der Waals surface area contributed by atoms with Crippen LogP contribution < -0.4 is 0 Å². The molecule has 0 bridgehead atoms. The van der Waals surface area contributed by atoms with Gasteiger partial charge in [-0.1, -0.05) is 53.5 Å². The minimum atomic E-state index is -0.103. The van der Waals surface area contributed by atoms with Gasteiger partial charge in [-0.2, -0.15) is 0 Å². The topological polar surface area (TPSA) is 85.3 Å². The zero-order valence-corrected chi connectivity index (χ0v) is 24.0. The van der Waals surface area contributed by atoms with Crippen molar-refractivity contribution in [2.45, 2.75) is 119 Å². The molecule has 0 spiro atoms. The standard InChI is InChI=1S/C32H46O5/c1-8-23(9-2)25(16-27(35)11-20(6)33)12-22-13-30-29(19(4)5)17-24(15-28(36)18-26(34)10-3)21(7)32(30)31(37)14-22/h17,19,22-23,25H,8-16,18H2,1-7H3. The molecule has 2 atom stereocenters. The van der Waals surface area contributed by atoms with Crippen LogP contribution >= 0.6 is 0 Å². The molecule has 0 amide bonds. The third-order valence-electron chi connectivity index (χ3n) is 8.17. The van der Waals surface area contributed by atoms with Crippen LogP contribution in [-0.4, -0.2) is 28.9 Å². The summed E-state index contributed by atoms with van der Waals surface area (Å²) in [5.74, 6) is 0.758. The molecule has 5 nitrogen and oxygen atoms in total. The van der Waals surface area contributed by atoms with Gasteiger partial charge in [0, 0.05) is 31.2 Å². The van der Waals surface area contributed by atoms with E-state index >= 15 is 0 Å². The molecule has 0 saturated carbocycles. The monoisotopic (exact) mass is 510 g/mol. The maximum absolute atomic E-state index is 13.6. The smallest absolute Gasteiger partial charge is 0.163 e. The van der Waals surface area contributed by atoms with Crippen molar-refractivity contribution in [2.24, 2.45) is 17.8 Å². The number of carbonyl (C=O) groups excluding carboxylic acids is 5. The summed E-state index contributed by atoms with van der Waals surface area (Å²) < 4.78 is 0. The fourth-order valence-corrected chi connectivity index (χ4v) is 6.19. The van der Waals surface area contributed by atoms with Gasteiger partial charge in [-0.3, -0.25) is 24.0 Å². The second-order valence-electron chi connectivity index (χ2n) is 11.4. The molecule has 0 aliphatic heterocycles. The maximum Gasteiger partial charge on any atom is 0.163 e. The highest BCUT2D eigenvalue weighted by Crippen LogP contribution is 2.40. The number of ketones is 5. The molecule has 0 radical (unpaired) electrons. The van der Waals surface area contributed by atoms with Crippen LogP contribution in [0.5, 0.6) is 0 Å². The minimum Gasteiger partial charge on any atom is -0.300 e. The molecule has 1 aliphatic rings. The Morgan fingerprint density at radius 2 is 1.57 bits per heavy atom. The average molecular weight is 511 g/mol. The second-order valence-corrected chi connectivity index (χ2v) is 11.4. The second kappa shape index (κ2) is 13.9. The van der Waals surface area contributed by atoms with Gasteiger partial charge >= 0.3 is 0 Å². The highest BCUT2D eigenvalue weighted by Gasteiger charge is 2.34. The molecule has 0 saturated heterocycles. The third kappa shape index (κ3) is 8.28. The molecule has 1 aliphatic carbocycles. The van der Waals surface area contributed by atoms with E-state index in [4.69, 9.17) is 0 Å². The summed E-state index contributed by atoms with van der Waals surface area (Å²) in [6.07, 6.45) is 4.84. The lowest BCUT2D eigenvalue weighted by atomic mass is 9.70. The SMILES string of the molecule is CCC(=O)CC(=O)Cc1cc(C(C)C)c2c(c1C)C(=O)CC(CC(CC(=O)CC(C)=O)C(CC)CC)C2. The lowest BCUT2D eigenvalue weighted by molar-refractivity contribution is -0.128. The first-order valence-electron chi connectivity index (χ1n) is 14.1. The summed E-state index contributed by atoms with van der Waals surface area (Å²) in [7, 11) is 0. The molecule has 204 valence electrons. The van der Waals surface area contributed by atoms with E-state index < -0.39 is 0 Å². The Morgan fingerprint density at radius 1 is 0.919 bits per heavy atom. The molecular formula is C32H46O5. The average Bonchev–Trinajstić information content (AvgIpc) is 2.80. The van der Waals surface area contributed by atoms with Gasteiger partial charge in [0.2, 0.25) is 0 Å². The van der Waals surface area contributed by atoms with E-state index in [1.165, 1.54) is 6.92 Å². The summed E-state index contributed by atoms with van der Waals surface area (Å²) in [5.41, 5.74) is 4.68. The molecule has 1 aromatic rings. The lowest BCUT2D eigenvalue weighted by Gasteiger charge is -2.33. The fourth-order valence-electron chi connectivity index (χ4n) is 6.19. The molecule has 0 heterocycles. The Hall–Kier alpha value is -2.43. The van der Waals surface area contributed by atoms with E-state index in [1.54, 1.807) is 6.92 Å². The third-order valence-corrected chi connectivity index (χ3v) is 8.17. The first-order valence-corrected chi connectivity index (χ1v) is 14.1. The van der Waals surface area contributed by atoms with Gasteiger partial charge < -0.3 is 0 Å². The first-order chi connectivity index (χ1) is 17.4. The normalized spacial score (nSPS) is 16.1. The van der Waals surface area contributed by atoms with Crippen LogP contribution in [0.1, 0.15) is 131 Å². The van der Waals surface area contributed by atoms with Crippen molar-refractivity contribution in [3.05, 3.63) is 33.9 Å². The number of hydrogen-bond donors (Lipinski definition) is 0. The molecule has 0 fully saturated rings. The number of carbonyl (C=O) groups is 5. The number of fused-ring (bicyclic) bond motifs is 1. The summed E-state index contributed by atoms with van der Waals surface area (Å²) >= 11 is 0. The van der Waals surface area contributed by atoms with E-state index in [0.29, 0.717) is 25.2 Å². The quantitative estimate of drug-likeness (QED) is 0.244. The lowest BCUT2D eigenvalue weighted by Crippen LogP contribution is -2.28. The highest BCUT2D eigenvalue weighted by molar-refractivity contribution is 6.02.